The summed E-state index contributed by atoms with van der Waals surface area (Å²) in [4.78, 5) is 40.9. The second-order valence-electron chi connectivity index (χ2n) is 8.68. The van der Waals surface area contributed by atoms with E-state index in [9.17, 15) is 14.4 Å². The van der Waals surface area contributed by atoms with E-state index in [1.165, 1.54) is 6.92 Å². The normalized spacial score (nSPS) is 16.3. The second kappa shape index (κ2) is 11.6. The molecule has 3 N–H and O–H groups in total. The molecular formula is C24H33N5O4. The molecule has 3 amide bonds. The summed E-state index contributed by atoms with van der Waals surface area (Å²) < 4.78 is 5.38. The fourth-order valence-electron chi connectivity index (χ4n) is 4.16. The van der Waals surface area contributed by atoms with E-state index in [0.29, 0.717) is 18.3 Å². The number of nitrogens with one attached hydrogen (secondary N) is 3. The Kier molecular flexibility index (Phi) is 8.57. The summed E-state index contributed by atoms with van der Waals surface area (Å²) in [5.41, 5.74) is 0.375. The quantitative estimate of drug-likeness (QED) is 0.499. The number of hydrogen-bond donors (Lipinski definition) is 3. The molecule has 1 fully saturated rings. The predicted octanol–water partition coefficient (Wildman–Crippen LogP) is 2.51. The van der Waals surface area contributed by atoms with Crippen LogP contribution >= 0.6 is 0 Å². The molecule has 0 aliphatic heterocycles. The van der Waals surface area contributed by atoms with E-state index in [1.807, 2.05) is 30.3 Å². The molecule has 1 atom stereocenters. The van der Waals surface area contributed by atoms with Gasteiger partial charge in [-0.2, -0.15) is 4.98 Å². The molecule has 3 rings (SSSR count). The minimum Gasteiger partial charge on any atom is -0.350 e. The van der Waals surface area contributed by atoms with Gasteiger partial charge in [0.15, 0.2) is 5.82 Å². The van der Waals surface area contributed by atoms with Crippen LogP contribution in [0.1, 0.15) is 76.1 Å². The van der Waals surface area contributed by atoms with Gasteiger partial charge in [-0.25, -0.2) is 0 Å². The Morgan fingerprint density at radius 2 is 1.79 bits per heavy atom. The smallest absolute Gasteiger partial charge is 0.242 e. The van der Waals surface area contributed by atoms with E-state index >= 15 is 0 Å². The van der Waals surface area contributed by atoms with Gasteiger partial charge in [-0.05, 0) is 25.3 Å². The SMILES string of the molecule is CC(=O)NC1(c2noc(CCC(=O)NC(C)C(=O)NCc3ccccc3)n2)CCCCCC1. The number of amides is 3. The molecule has 1 aromatic carbocycles. The van der Waals surface area contributed by atoms with Crippen molar-refractivity contribution in [2.45, 2.75) is 83.3 Å². The first-order valence-electron chi connectivity index (χ1n) is 11.6. The van der Waals surface area contributed by atoms with E-state index < -0.39 is 11.6 Å². The Labute approximate surface area is 194 Å². The molecule has 0 radical (unpaired) electrons. The number of aromatic nitrogens is 2. The van der Waals surface area contributed by atoms with Crippen LogP contribution in [0.4, 0.5) is 0 Å². The Bertz CT molecular complexity index is 935. The maximum Gasteiger partial charge on any atom is 0.242 e. The summed E-state index contributed by atoms with van der Waals surface area (Å²) in [5.74, 6) is 0.169. The van der Waals surface area contributed by atoms with Gasteiger partial charge in [0, 0.05) is 26.3 Å². The molecule has 1 aromatic heterocycles. The number of carbonyl (C=O) groups is 3. The lowest BCUT2D eigenvalue weighted by Gasteiger charge is -2.30. The van der Waals surface area contributed by atoms with Crippen LogP contribution < -0.4 is 16.0 Å². The van der Waals surface area contributed by atoms with Crippen molar-refractivity contribution in [1.29, 1.82) is 0 Å². The molecule has 9 nitrogen and oxygen atoms in total. The summed E-state index contributed by atoms with van der Waals surface area (Å²) in [6.45, 7) is 3.54. The average Bonchev–Trinajstić information content (AvgIpc) is 3.16. The first kappa shape index (κ1) is 24.4. The summed E-state index contributed by atoms with van der Waals surface area (Å²) in [6.07, 6.45) is 6.10. The van der Waals surface area contributed by atoms with E-state index in [-0.39, 0.29) is 30.6 Å². The molecule has 2 aromatic rings. The maximum atomic E-state index is 12.3. The minimum atomic E-state index is -0.659. The number of benzene rings is 1. The highest BCUT2D eigenvalue weighted by Gasteiger charge is 2.38. The van der Waals surface area contributed by atoms with Crippen LogP contribution in [0.25, 0.3) is 0 Å². The molecule has 1 aliphatic rings. The van der Waals surface area contributed by atoms with Crippen LogP contribution in [0.3, 0.4) is 0 Å². The molecule has 1 heterocycles. The van der Waals surface area contributed by atoms with E-state index in [0.717, 1.165) is 44.1 Å². The van der Waals surface area contributed by atoms with Crippen LogP contribution in [0, 0.1) is 0 Å². The minimum absolute atomic E-state index is 0.116. The van der Waals surface area contributed by atoms with Gasteiger partial charge in [0.05, 0.1) is 0 Å². The highest BCUT2D eigenvalue weighted by molar-refractivity contribution is 5.87. The molecule has 9 heteroatoms. The van der Waals surface area contributed by atoms with Crippen LogP contribution in [0.2, 0.25) is 0 Å². The van der Waals surface area contributed by atoms with Crippen molar-refractivity contribution in [3.8, 4) is 0 Å². The summed E-state index contributed by atoms with van der Waals surface area (Å²) >= 11 is 0. The van der Waals surface area contributed by atoms with Crippen molar-refractivity contribution >= 4 is 17.7 Å². The predicted molar refractivity (Wildman–Crippen MR) is 122 cm³/mol. The zero-order valence-corrected chi connectivity index (χ0v) is 19.4. The fourth-order valence-corrected chi connectivity index (χ4v) is 4.16. The van der Waals surface area contributed by atoms with E-state index in [2.05, 4.69) is 26.1 Å². The molecule has 0 bridgehead atoms. The average molecular weight is 456 g/mol. The molecule has 1 saturated carbocycles. The van der Waals surface area contributed by atoms with Gasteiger partial charge in [-0.1, -0.05) is 61.2 Å². The van der Waals surface area contributed by atoms with Crippen LogP contribution in [0.15, 0.2) is 34.9 Å². The Morgan fingerprint density at radius 1 is 1.09 bits per heavy atom. The highest BCUT2D eigenvalue weighted by atomic mass is 16.5. The first-order chi connectivity index (χ1) is 15.9. The fraction of sp³-hybridized carbons (Fsp3) is 0.542. The zero-order chi connectivity index (χ0) is 23.7. The van der Waals surface area contributed by atoms with Crippen molar-refractivity contribution in [3.05, 3.63) is 47.6 Å². The molecule has 1 unspecified atom stereocenters. The van der Waals surface area contributed by atoms with Gasteiger partial charge in [0.1, 0.15) is 11.6 Å². The van der Waals surface area contributed by atoms with Crippen molar-refractivity contribution in [2.24, 2.45) is 0 Å². The summed E-state index contributed by atoms with van der Waals surface area (Å²) in [7, 11) is 0. The Hall–Kier alpha value is -3.23. The number of hydrogen-bond acceptors (Lipinski definition) is 6. The van der Waals surface area contributed by atoms with Crippen LogP contribution in [-0.2, 0) is 32.9 Å². The largest absolute Gasteiger partial charge is 0.350 e. The topological polar surface area (TPSA) is 126 Å². The van der Waals surface area contributed by atoms with Gasteiger partial charge in [0.2, 0.25) is 23.6 Å². The summed E-state index contributed by atoms with van der Waals surface area (Å²) in [5, 5.41) is 12.7. The summed E-state index contributed by atoms with van der Waals surface area (Å²) in [6, 6.07) is 8.91. The Balaban J connectivity index is 1.50. The van der Waals surface area contributed by atoms with Gasteiger partial charge in [-0.3, -0.25) is 14.4 Å². The highest BCUT2D eigenvalue weighted by Crippen LogP contribution is 2.34. The van der Waals surface area contributed by atoms with Crippen molar-refractivity contribution in [2.75, 3.05) is 0 Å². The first-order valence-corrected chi connectivity index (χ1v) is 11.6. The third-order valence-corrected chi connectivity index (χ3v) is 5.91. The standard InChI is InChI=1S/C24H33N5O4/c1-17(22(32)25-16-19-10-6-5-7-11-19)26-20(31)12-13-21-27-23(29-33-21)24(28-18(2)30)14-8-3-4-9-15-24/h5-7,10-11,17H,3-4,8-9,12-16H2,1-2H3,(H,25,32)(H,26,31)(H,28,30). The number of nitrogens with zero attached hydrogens (tertiary/aromatic N) is 2. The molecule has 1 aliphatic carbocycles. The van der Waals surface area contributed by atoms with Crippen molar-refractivity contribution in [1.82, 2.24) is 26.1 Å². The molecule has 0 saturated heterocycles. The van der Waals surface area contributed by atoms with Crippen molar-refractivity contribution in [3.63, 3.8) is 0 Å². The van der Waals surface area contributed by atoms with Crippen LogP contribution in [0.5, 0.6) is 0 Å². The van der Waals surface area contributed by atoms with E-state index in [4.69, 9.17) is 4.52 Å². The third kappa shape index (κ3) is 7.13. The second-order valence-corrected chi connectivity index (χ2v) is 8.68. The monoisotopic (exact) mass is 455 g/mol. The molecule has 33 heavy (non-hydrogen) atoms. The lowest BCUT2D eigenvalue weighted by molar-refractivity contribution is -0.128. The van der Waals surface area contributed by atoms with Crippen LogP contribution in [-0.4, -0.2) is 33.9 Å². The van der Waals surface area contributed by atoms with Gasteiger partial charge in [0.25, 0.3) is 0 Å². The number of rotatable bonds is 9. The third-order valence-electron chi connectivity index (χ3n) is 5.91. The van der Waals surface area contributed by atoms with E-state index in [1.54, 1.807) is 6.92 Å². The van der Waals surface area contributed by atoms with Gasteiger partial charge in [-0.15, -0.1) is 0 Å². The zero-order valence-electron chi connectivity index (χ0n) is 19.4. The number of carbonyl (C=O) groups excluding carboxylic acids is 3. The maximum absolute atomic E-state index is 12.3. The molecule has 0 spiro atoms. The van der Waals surface area contributed by atoms with Gasteiger partial charge >= 0.3 is 0 Å². The Morgan fingerprint density at radius 3 is 2.45 bits per heavy atom. The number of aryl methyl sites for hydroxylation is 1. The van der Waals surface area contributed by atoms with Gasteiger partial charge < -0.3 is 20.5 Å². The molecule has 178 valence electrons. The molecular weight excluding hydrogens is 422 g/mol. The lowest BCUT2D eigenvalue weighted by atomic mass is 9.89. The van der Waals surface area contributed by atoms with Crippen molar-refractivity contribution < 1.29 is 18.9 Å². The lowest BCUT2D eigenvalue weighted by Crippen LogP contribution is -2.45.